The molecule has 0 saturated heterocycles. The number of aromatic nitrogens is 1. The van der Waals surface area contributed by atoms with Gasteiger partial charge in [-0.1, -0.05) is 25.1 Å². The summed E-state index contributed by atoms with van der Waals surface area (Å²) < 4.78 is 2.22. The van der Waals surface area contributed by atoms with Crippen molar-refractivity contribution in [2.24, 2.45) is 0 Å². The van der Waals surface area contributed by atoms with E-state index in [9.17, 15) is 10.1 Å². The summed E-state index contributed by atoms with van der Waals surface area (Å²) >= 11 is 0. The zero-order valence-electron chi connectivity index (χ0n) is 16.6. The molecule has 2 rings (SSSR count). The van der Waals surface area contributed by atoms with Crippen molar-refractivity contribution in [2.45, 2.75) is 33.7 Å². The number of amides is 1. The highest BCUT2D eigenvalue weighted by Crippen LogP contribution is 2.18. The Balaban J connectivity index is 2.01. The third-order valence-corrected chi connectivity index (χ3v) is 4.65. The van der Waals surface area contributed by atoms with E-state index in [2.05, 4.69) is 21.7 Å². The number of benzene rings is 1. The van der Waals surface area contributed by atoms with Crippen LogP contribution in [-0.4, -0.2) is 30.6 Å². The number of nitriles is 1. The molecule has 1 aromatic carbocycles. The fraction of sp³-hybridized carbons (Fsp3) is 0.364. The summed E-state index contributed by atoms with van der Waals surface area (Å²) in [5, 5.41) is 12.3. The Morgan fingerprint density at radius 2 is 2.00 bits per heavy atom. The van der Waals surface area contributed by atoms with Gasteiger partial charge in [-0.15, -0.1) is 0 Å². The third kappa shape index (κ3) is 5.24. The van der Waals surface area contributed by atoms with E-state index in [0.717, 1.165) is 35.6 Å². The Kier molecular flexibility index (Phi) is 7.25. The second-order valence-electron chi connectivity index (χ2n) is 6.66. The predicted molar refractivity (Wildman–Crippen MR) is 111 cm³/mol. The number of hydrogen-bond donors (Lipinski definition) is 1. The standard InChI is InChI=1S/C22H28N4O/c1-5-12-26-17(2)14-19(18(26)3)15-20(16-23)22(27)24-11-13-25(4)21-9-7-6-8-10-21/h6-10,14-15H,5,11-13H2,1-4H3,(H,24,27)/b20-15-. The number of likely N-dealkylation sites (N-methyl/N-ethyl adjacent to an activating group) is 1. The van der Waals surface area contributed by atoms with Crippen LogP contribution in [0.5, 0.6) is 0 Å². The van der Waals surface area contributed by atoms with Gasteiger partial charge in [0.05, 0.1) is 0 Å². The Bertz CT molecular complexity index is 843. The molecule has 5 heteroatoms. The molecular formula is C22H28N4O. The molecule has 1 heterocycles. The van der Waals surface area contributed by atoms with E-state index in [1.165, 1.54) is 0 Å². The first-order valence-electron chi connectivity index (χ1n) is 9.30. The maximum atomic E-state index is 12.4. The lowest BCUT2D eigenvalue weighted by Gasteiger charge is -2.19. The highest BCUT2D eigenvalue weighted by atomic mass is 16.1. The van der Waals surface area contributed by atoms with Gasteiger partial charge in [0, 0.05) is 43.8 Å². The van der Waals surface area contributed by atoms with Gasteiger partial charge in [-0.2, -0.15) is 5.26 Å². The summed E-state index contributed by atoms with van der Waals surface area (Å²) in [6.45, 7) is 8.28. The third-order valence-electron chi connectivity index (χ3n) is 4.65. The van der Waals surface area contributed by atoms with E-state index in [1.54, 1.807) is 6.08 Å². The topological polar surface area (TPSA) is 61.1 Å². The molecule has 0 fully saturated rings. The van der Waals surface area contributed by atoms with Crippen molar-refractivity contribution in [3.8, 4) is 6.07 Å². The number of rotatable bonds is 8. The van der Waals surface area contributed by atoms with E-state index in [4.69, 9.17) is 0 Å². The number of para-hydroxylation sites is 1. The summed E-state index contributed by atoms with van der Waals surface area (Å²) in [5.74, 6) is -0.334. The number of anilines is 1. The first-order valence-corrected chi connectivity index (χ1v) is 9.30. The first-order chi connectivity index (χ1) is 13.0. The minimum absolute atomic E-state index is 0.133. The van der Waals surface area contributed by atoms with Gasteiger partial charge in [-0.25, -0.2) is 0 Å². The average molecular weight is 364 g/mol. The summed E-state index contributed by atoms with van der Waals surface area (Å²) in [5.41, 5.74) is 4.37. The molecule has 5 nitrogen and oxygen atoms in total. The van der Waals surface area contributed by atoms with Gasteiger partial charge >= 0.3 is 0 Å². The monoisotopic (exact) mass is 364 g/mol. The largest absolute Gasteiger partial charge is 0.373 e. The van der Waals surface area contributed by atoms with Gasteiger partial charge in [0.2, 0.25) is 0 Å². The highest BCUT2D eigenvalue weighted by molar-refractivity contribution is 6.01. The Hall–Kier alpha value is -3.00. The molecular weight excluding hydrogens is 336 g/mol. The molecule has 0 unspecified atom stereocenters. The molecule has 0 aliphatic heterocycles. The minimum Gasteiger partial charge on any atom is -0.373 e. The quantitative estimate of drug-likeness (QED) is 0.574. The second kappa shape index (κ2) is 9.63. The van der Waals surface area contributed by atoms with Crippen LogP contribution in [0.2, 0.25) is 0 Å². The SMILES string of the molecule is CCCn1c(C)cc(/C=C(/C#N)C(=O)NCCN(C)c2ccccc2)c1C. The predicted octanol–water partition coefficient (Wildman–Crippen LogP) is 3.67. The number of aryl methyl sites for hydroxylation is 1. The van der Waals surface area contributed by atoms with Crippen molar-refractivity contribution in [2.75, 3.05) is 25.0 Å². The van der Waals surface area contributed by atoms with Crippen LogP contribution in [0.15, 0.2) is 42.0 Å². The highest BCUT2D eigenvalue weighted by Gasteiger charge is 2.12. The minimum atomic E-state index is -0.334. The number of carbonyl (C=O) groups excluding carboxylic acids is 1. The molecule has 0 saturated carbocycles. The van der Waals surface area contributed by atoms with Crippen LogP contribution in [0.3, 0.4) is 0 Å². The molecule has 1 N–H and O–H groups in total. The van der Waals surface area contributed by atoms with Crippen molar-refractivity contribution in [1.29, 1.82) is 5.26 Å². The van der Waals surface area contributed by atoms with Crippen molar-refractivity contribution in [3.05, 3.63) is 58.9 Å². The van der Waals surface area contributed by atoms with E-state index in [1.807, 2.05) is 63.4 Å². The van der Waals surface area contributed by atoms with Crippen molar-refractivity contribution < 1.29 is 4.79 Å². The number of nitrogens with zero attached hydrogens (tertiary/aromatic N) is 3. The fourth-order valence-corrected chi connectivity index (χ4v) is 3.09. The summed E-state index contributed by atoms with van der Waals surface area (Å²) in [6.07, 6.45) is 2.73. The van der Waals surface area contributed by atoms with Crippen molar-refractivity contribution >= 4 is 17.7 Å². The number of nitrogens with one attached hydrogen (secondary N) is 1. The molecule has 0 aliphatic carbocycles. The van der Waals surface area contributed by atoms with Crippen molar-refractivity contribution in [3.63, 3.8) is 0 Å². The Morgan fingerprint density at radius 3 is 2.63 bits per heavy atom. The maximum absolute atomic E-state index is 12.4. The average Bonchev–Trinajstić information content (AvgIpc) is 2.94. The van der Waals surface area contributed by atoms with Gasteiger partial charge in [-0.05, 0) is 50.1 Å². The molecule has 0 radical (unpaired) electrons. The molecule has 1 aromatic heterocycles. The summed E-state index contributed by atoms with van der Waals surface area (Å²) in [4.78, 5) is 14.5. The van der Waals surface area contributed by atoms with Gasteiger partial charge in [0.25, 0.3) is 5.91 Å². The lowest BCUT2D eigenvalue weighted by Crippen LogP contribution is -2.33. The Morgan fingerprint density at radius 1 is 1.30 bits per heavy atom. The zero-order valence-corrected chi connectivity index (χ0v) is 16.6. The van der Waals surface area contributed by atoms with E-state index in [-0.39, 0.29) is 11.5 Å². The van der Waals surface area contributed by atoms with Gasteiger partial charge < -0.3 is 14.8 Å². The van der Waals surface area contributed by atoms with Gasteiger partial charge in [-0.3, -0.25) is 4.79 Å². The zero-order chi connectivity index (χ0) is 19.8. The lowest BCUT2D eigenvalue weighted by molar-refractivity contribution is -0.116. The molecule has 142 valence electrons. The number of hydrogen-bond acceptors (Lipinski definition) is 3. The first kappa shape index (κ1) is 20.3. The van der Waals surface area contributed by atoms with Gasteiger partial charge in [0.1, 0.15) is 11.6 Å². The molecule has 0 bridgehead atoms. The lowest BCUT2D eigenvalue weighted by atomic mass is 10.1. The maximum Gasteiger partial charge on any atom is 0.262 e. The van der Waals surface area contributed by atoms with E-state index in [0.29, 0.717) is 13.1 Å². The molecule has 27 heavy (non-hydrogen) atoms. The molecule has 0 spiro atoms. The van der Waals surface area contributed by atoms with Crippen LogP contribution in [0, 0.1) is 25.2 Å². The fourth-order valence-electron chi connectivity index (χ4n) is 3.09. The van der Waals surface area contributed by atoms with Crippen LogP contribution in [0.4, 0.5) is 5.69 Å². The molecule has 2 aromatic rings. The van der Waals surface area contributed by atoms with Crippen LogP contribution >= 0.6 is 0 Å². The Labute approximate surface area is 161 Å². The van der Waals surface area contributed by atoms with Crippen LogP contribution in [0.1, 0.15) is 30.3 Å². The molecule has 0 aliphatic rings. The smallest absolute Gasteiger partial charge is 0.262 e. The normalized spacial score (nSPS) is 11.1. The molecule has 1 amide bonds. The van der Waals surface area contributed by atoms with Crippen LogP contribution in [-0.2, 0) is 11.3 Å². The second-order valence-corrected chi connectivity index (χ2v) is 6.66. The van der Waals surface area contributed by atoms with Crippen molar-refractivity contribution in [1.82, 2.24) is 9.88 Å². The van der Waals surface area contributed by atoms with E-state index < -0.39 is 0 Å². The van der Waals surface area contributed by atoms with Gasteiger partial charge in [0.15, 0.2) is 0 Å². The van der Waals surface area contributed by atoms with Crippen LogP contribution in [0.25, 0.3) is 6.08 Å². The van der Waals surface area contributed by atoms with Crippen LogP contribution < -0.4 is 10.2 Å². The summed E-state index contributed by atoms with van der Waals surface area (Å²) in [6, 6.07) is 14.0. The number of carbonyl (C=O) groups is 1. The molecule has 0 atom stereocenters. The van der Waals surface area contributed by atoms with E-state index >= 15 is 0 Å². The summed E-state index contributed by atoms with van der Waals surface area (Å²) in [7, 11) is 1.98.